The first-order chi connectivity index (χ1) is 8.63. The molecule has 0 heterocycles. The van der Waals surface area contributed by atoms with E-state index in [0.29, 0.717) is 23.1 Å². The van der Waals surface area contributed by atoms with Gasteiger partial charge in [0.05, 0.1) is 0 Å². The van der Waals surface area contributed by atoms with Crippen molar-refractivity contribution in [2.75, 3.05) is 0 Å². The van der Waals surface area contributed by atoms with Crippen molar-refractivity contribution in [2.45, 2.75) is 18.2 Å². The van der Waals surface area contributed by atoms with Crippen molar-refractivity contribution in [1.82, 2.24) is 0 Å². The highest BCUT2D eigenvalue weighted by atomic mass is 32.2. The second-order valence-electron chi connectivity index (χ2n) is 3.89. The summed E-state index contributed by atoms with van der Waals surface area (Å²) in [5.74, 6) is -0.304. The van der Waals surface area contributed by atoms with Gasteiger partial charge in [-0.3, -0.25) is 4.21 Å². The maximum atomic E-state index is 13.7. The van der Waals surface area contributed by atoms with Crippen LogP contribution < -0.4 is 0 Å². The van der Waals surface area contributed by atoms with Crippen molar-refractivity contribution < 1.29 is 13.2 Å². The van der Waals surface area contributed by atoms with E-state index in [-0.39, 0.29) is 10.7 Å². The number of benzene rings is 2. The van der Waals surface area contributed by atoms with Crippen molar-refractivity contribution in [3.8, 4) is 11.1 Å². The second-order valence-corrected chi connectivity index (χ2v) is 4.80. The molecular formula is C14H12FO2S-. The van der Waals surface area contributed by atoms with Crippen molar-refractivity contribution in [3.63, 3.8) is 0 Å². The van der Waals surface area contributed by atoms with E-state index < -0.39 is 11.1 Å². The number of hydrogen-bond acceptors (Lipinski definition) is 2. The summed E-state index contributed by atoms with van der Waals surface area (Å²) in [5, 5.41) is 0. The van der Waals surface area contributed by atoms with Crippen molar-refractivity contribution >= 4 is 11.1 Å². The Balaban J connectivity index is 2.55. The Hall–Kier alpha value is -1.52. The maximum Gasteiger partial charge on any atom is 0.127 e. The zero-order chi connectivity index (χ0) is 13.1. The molecule has 0 amide bonds. The lowest BCUT2D eigenvalue weighted by atomic mass is 10.0. The van der Waals surface area contributed by atoms with Crippen LogP contribution in [0.5, 0.6) is 0 Å². The molecule has 0 bridgehead atoms. The van der Waals surface area contributed by atoms with Gasteiger partial charge in [-0.05, 0) is 46.3 Å². The van der Waals surface area contributed by atoms with Crippen molar-refractivity contribution in [1.29, 1.82) is 0 Å². The molecule has 0 aromatic heterocycles. The lowest BCUT2D eigenvalue weighted by molar-refractivity contribution is 0.537. The van der Waals surface area contributed by atoms with Gasteiger partial charge in [-0.15, -0.1) is 0 Å². The smallest absolute Gasteiger partial charge is 0.127 e. The lowest BCUT2D eigenvalue weighted by Gasteiger charge is -2.12. The molecule has 0 N–H and O–H groups in total. The van der Waals surface area contributed by atoms with Gasteiger partial charge in [0.1, 0.15) is 5.82 Å². The van der Waals surface area contributed by atoms with E-state index in [2.05, 4.69) is 0 Å². The van der Waals surface area contributed by atoms with Gasteiger partial charge in [-0.25, -0.2) is 4.39 Å². The van der Waals surface area contributed by atoms with Crippen molar-refractivity contribution in [2.24, 2.45) is 0 Å². The zero-order valence-corrected chi connectivity index (χ0v) is 10.7. The third kappa shape index (κ3) is 2.49. The summed E-state index contributed by atoms with van der Waals surface area (Å²) in [4.78, 5) is 0.182. The number of aryl methyl sites for hydroxylation is 1. The summed E-state index contributed by atoms with van der Waals surface area (Å²) in [6.07, 6.45) is 0.612. The van der Waals surface area contributed by atoms with Crippen LogP contribution in [0, 0.1) is 5.82 Å². The molecule has 1 atom stereocenters. The minimum absolute atomic E-state index is 0.182. The summed E-state index contributed by atoms with van der Waals surface area (Å²) >= 11 is -2.33. The Morgan fingerprint density at radius 3 is 2.56 bits per heavy atom. The third-order valence-corrected chi connectivity index (χ3v) is 3.53. The van der Waals surface area contributed by atoms with E-state index in [0.717, 1.165) is 0 Å². The number of hydrogen-bond donors (Lipinski definition) is 0. The van der Waals surface area contributed by atoms with Crippen LogP contribution in [0.25, 0.3) is 11.1 Å². The molecule has 18 heavy (non-hydrogen) atoms. The van der Waals surface area contributed by atoms with Gasteiger partial charge in [0.2, 0.25) is 0 Å². The fraction of sp³-hybridized carbons (Fsp3) is 0.143. The van der Waals surface area contributed by atoms with Crippen LogP contribution in [-0.4, -0.2) is 8.76 Å². The average Bonchev–Trinajstić information content (AvgIpc) is 2.38. The predicted octanol–water partition coefficient (Wildman–Crippen LogP) is 3.29. The van der Waals surface area contributed by atoms with E-state index in [1.54, 1.807) is 30.3 Å². The van der Waals surface area contributed by atoms with Crippen LogP contribution in [-0.2, 0) is 17.5 Å². The fourth-order valence-corrected chi connectivity index (χ4v) is 2.41. The topological polar surface area (TPSA) is 40.1 Å². The molecule has 2 nitrogen and oxygen atoms in total. The molecule has 94 valence electrons. The van der Waals surface area contributed by atoms with Gasteiger partial charge in [0.25, 0.3) is 0 Å². The maximum absolute atomic E-state index is 13.7. The SMILES string of the molecule is CCc1ccc(-c2ccccc2S(=O)[O-])cc1F. The highest BCUT2D eigenvalue weighted by Crippen LogP contribution is 2.27. The molecule has 0 saturated carbocycles. The minimum Gasteiger partial charge on any atom is -0.768 e. The lowest BCUT2D eigenvalue weighted by Crippen LogP contribution is -1.94. The largest absolute Gasteiger partial charge is 0.768 e. The first-order valence-corrected chi connectivity index (χ1v) is 6.68. The van der Waals surface area contributed by atoms with E-state index in [1.807, 2.05) is 6.92 Å². The Kier molecular flexibility index (Phi) is 3.89. The molecule has 2 aromatic rings. The molecule has 0 aliphatic carbocycles. The summed E-state index contributed by atoms with van der Waals surface area (Å²) in [7, 11) is 0. The van der Waals surface area contributed by atoms with Gasteiger partial charge in [-0.1, -0.05) is 37.3 Å². The van der Waals surface area contributed by atoms with Crippen LogP contribution in [0.15, 0.2) is 47.4 Å². The molecule has 2 aromatic carbocycles. The second kappa shape index (κ2) is 5.42. The fourth-order valence-electron chi connectivity index (χ4n) is 1.85. The molecule has 0 aliphatic rings. The van der Waals surface area contributed by atoms with E-state index in [4.69, 9.17) is 0 Å². The molecule has 1 unspecified atom stereocenters. The normalized spacial score (nSPS) is 12.4. The standard InChI is InChI=1S/C14H13FO2S/c1-2-10-7-8-11(9-13(10)15)12-5-3-4-6-14(12)18(16)17/h3-9H,2H2,1H3,(H,16,17)/p-1. The average molecular weight is 263 g/mol. The Bertz CT molecular complexity index is 596. The van der Waals surface area contributed by atoms with Gasteiger partial charge < -0.3 is 4.55 Å². The Morgan fingerprint density at radius 2 is 1.94 bits per heavy atom. The van der Waals surface area contributed by atoms with Crippen LogP contribution in [0.3, 0.4) is 0 Å². The highest BCUT2D eigenvalue weighted by molar-refractivity contribution is 7.79. The third-order valence-electron chi connectivity index (χ3n) is 2.81. The van der Waals surface area contributed by atoms with E-state index >= 15 is 0 Å². The minimum atomic E-state index is -2.33. The summed E-state index contributed by atoms with van der Waals surface area (Å²) < 4.78 is 35.9. The molecule has 0 spiro atoms. The van der Waals surface area contributed by atoms with E-state index in [9.17, 15) is 13.2 Å². The predicted molar refractivity (Wildman–Crippen MR) is 68.4 cm³/mol. The van der Waals surface area contributed by atoms with Gasteiger partial charge in [0, 0.05) is 4.90 Å². The van der Waals surface area contributed by atoms with Crippen LogP contribution in [0.1, 0.15) is 12.5 Å². The Labute approximate surface area is 108 Å². The molecule has 4 heteroatoms. The van der Waals surface area contributed by atoms with Crippen LogP contribution in [0.4, 0.5) is 4.39 Å². The van der Waals surface area contributed by atoms with Crippen LogP contribution in [0.2, 0.25) is 0 Å². The molecule has 0 aliphatic heterocycles. The molecule has 0 radical (unpaired) electrons. The number of rotatable bonds is 3. The quantitative estimate of drug-likeness (QED) is 0.797. The van der Waals surface area contributed by atoms with Gasteiger partial charge >= 0.3 is 0 Å². The van der Waals surface area contributed by atoms with Crippen LogP contribution >= 0.6 is 0 Å². The zero-order valence-electron chi connectivity index (χ0n) is 9.85. The van der Waals surface area contributed by atoms with Crippen molar-refractivity contribution in [3.05, 3.63) is 53.8 Å². The first kappa shape index (κ1) is 12.9. The number of halogens is 1. The molecule has 0 fully saturated rings. The summed E-state index contributed by atoms with van der Waals surface area (Å²) in [6, 6.07) is 11.4. The molecule has 0 saturated heterocycles. The monoisotopic (exact) mass is 263 g/mol. The van der Waals surface area contributed by atoms with Gasteiger partial charge in [0.15, 0.2) is 0 Å². The molecule has 2 rings (SSSR count). The van der Waals surface area contributed by atoms with E-state index in [1.165, 1.54) is 12.1 Å². The highest BCUT2D eigenvalue weighted by Gasteiger charge is 2.07. The Morgan fingerprint density at radius 1 is 1.22 bits per heavy atom. The first-order valence-electron chi connectivity index (χ1n) is 5.60. The summed E-state index contributed by atoms with van der Waals surface area (Å²) in [5.41, 5.74) is 1.72. The summed E-state index contributed by atoms with van der Waals surface area (Å²) in [6.45, 7) is 1.87. The van der Waals surface area contributed by atoms with Gasteiger partial charge in [-0.2, -0.15) is 0 Å². The molecular weight excluding hydrogens is 251 g/mol.